The van der Waals surface area contributed by atoms with Crippen molar-refractivity contribution in [1.82, 2.24) is 25.1 Å². The van der Waals surface area contributed by atoms with Gasteiger partial charge in [0.1, 0.15) is 6.54 Å². The normalized spacial score (nSPS) is 15.0. The van der Waals surface area contributed by atoms with Crippen LogP contribution in [0.1, 0.15) is 18.9 Å². The second-order valence-electron chi connectivity index (χ2n) is 4.60. The third-order valence-corrected chi connectivity index (χ3v) is 3.67. The van der Waals surface area contributed by atoms with Crippen molar-refractivity contribution in [3.63, 3.8) is 0 Å². The van der Waals surface area contributed by atoms with Crippen LogP contribution in [-0.4, -0.2) is 56.0 Å². The lowest BCUT2D eigenvalue weighted by atomic mass is 10.4. The highest BCUT2D eigenvalue weighted by molar-refractivity contribution is 7.99. The molecule has 0 aromatic carbocycles. The van der Waals surface area contributed by atoms with E-state index < -0.39 is 18.6 Å². The molecule has 21 heavy (non-hydrogen) atoms. The molecule has 0 aliphatic heterocycles. The maximum Gasteiger partial charge on any atom is 0.406 e. The molecule has 0 radical (unpaired) electrons. The van der Waals surface area contributed by atoms with Gasteiger partial charge in [0, 0.05) is 6.54 Å². The second-order valence-corrected chi connectivity index (χ2v) is 5.55. The first-order chi connectivity index (χ1) is 9.90. The molecule has 1 aliphatic rings. The minimum atomic E-state index is -4.43. The topological polar surface area (TPSA) is 63.9 Å². The zero-order valence-corrected chi connectivity index (χ0v) is 11.9. The Bertz CT molecular complexity index is 514. The van der Waals surface area contributed by atoms with Crippen LogP contribution in [0.4, 0.5) is 13.2 Å². The Hall–Kier alpha value is -1.58. The van der Waals surface area contributed by atoms with Gasteiger partial charge in [-0.2, -0.15) is 13.2 Å². The van der Waals surface area contributed by atoms with Crippen molar-refractivity contribution in [1.29, 1.82) is 0 Å². The molecule has 1 heterocycles. The van der Waals surface area contributed by atoms with Gasteiger partial charge in [0.2, 0.25) is 11.1 Å². The molecule has 1 aliphatic carbocycles. The van der Waals surface area contributed by atoms with E-state index in [1.165, 1.54) is 6.08 Å². The van der Waals surface area contributed by atoms with Gasteiger partial charge in [0.25, 0.3) is 0 Å². The highest BCUT2D eigenvalue weighted by atomic mass is 32.2. The number of thioether (sulfide) groups is 1. The minimum absolute atomic E-state index is 0.142. The van der Waals surface area contributed by atoms with Crippen molar-refractivity contribution in [3.05, 3.63) is 12.7 Å². The van der Waals surface area contributed by atoms with Crippen molar-refractivity contribution in [3.8, 4) is 0 Å². The van der Waals surface area contributed by atoms with Crippen molar-refractivity contribution >= 4 is 17.7 Å². The molecule has 1 aromatic heterocycles. The lowest BCUT2D eigenvalue weighted by molar-refractivity contribution is -0.158. The summed E-state index contributed by atoms with van der Waals surface area (Å²) in [5.41, 5.74) is 0. The number of nitrogens with zero attached hydrogens (tertiary/aromatic N) is 5. The van der Waals surface area contributed by atoms with Gasteiger partial charge in [-0.25, -0.2) is 4.68 Å². The highest BCUT2D eigenvalue weighted by Gasteiger charge is 2.33. The van der Waals surface area contributed by atoms with Gasteiger partial charge in [-0.05, 0) is 23.3 Å². The van der Waals surface area contributed by atoms with Crippen LogP contribution in [0.2, 0.25) is 0 Å². The first kappa shape index (κ1) is 15.8. The number of hydrogen-bond acceptors (Lipinski definition) is 5. The zero-order valence-electron chi connectivity index (χ0n) is 11.1. The SMILES string of the molecule is C=CCN(CC(F)(F)F)C(=O)CSc1nnnn1C1CC1. The predicted octanol–water partition coefficient (Wildman–Crippen LogP) is 1.68. The van der Waals surface area contributed by atoms with Crippen LogP contribution >= 0.6 is 11.8 Å². The molecule has 1 amide bonds. The maximum atomic E-state index is 12.4. The highest BCUT2D eigenvalue weighted by Crippen LogP contribution is 2.36. The molecule has 0 bridgehead atoms. The van der Waals surface area contributed by atoms with Crippen molar-refractivity contribution in [2.24, 2.45) is 0 Å². The van der Waals surface area contributed by atoms with E-state index in [0.29, 0.717) is 10.1 Å². The maximum absolute atomic E-state index is 12.4. The van der Waals surface area contributed by atoms with Crippen LogP contribution in [0.3, 0.4) is 0 Å². The monoisotopic (exact) mass is 321 g/mol. The van der Waals surface area contributed by atoms with E-state index in [1.54, 1.807) is 4.68 Å². The van der Waals surface area contributed by atoms with Crippen LogP contribution in [-0.2, 0) is 4.79 Å². The Morgan fingerprint density at radius 1 is 1.52 bits per heavy atom. The molecular formula is C11H14F3N5OS. The smallest absolute Gasteiger partial charge is 0.329 e. The van der Waals surface area contributed by atoms with Gasteiger partial charge in [-0.3, -0.25) is 4.79 Å². The summed E-state index contributed by atoms with van der Waals surface area (Å²) < 4.78 is 38.8. The number of halogens is 3. The fraction of sp³-hybridized carbons (Fsp3) is 0.636. The molecule has 0 unspecified atom stereocenters. The van der Waals surface area contributed by atoms with Gasteiger partial charge in [0.15, 0.2) is 0 Å². The number of rotatable bonds is 7. The van der Waals surface area contributed by atoms with Crippen LogP contribution in [0.15, 0.2) is 17.8 Å². The van der Waals surface area contributed by atoms with Crippen LogP contribution in [0, 0.1) is 0 Å². The summed E-state index contributed by atoms with van der Waals surface area (Å²) in [6.07, 6.45) is -1.21. The Morgan fingerprint density at radius 2 is 2.24 bits per heavy atom. The van der Waals surface area contributed by atoms with Crippen LogP contribution in [0.25, 0.3) is 0 Å². The lowest BCUT2D eigenvalue weighted by Crippen LogP contribution is -2.40. The van der Waals surface area contributed by atoms with Crippen molar-refractivity contribution < 1.29 is 18.0 Å². The Kier molecular flexibility index (Phi) is 4.86. The quantitative estimate of drug-likeness (QED) is 0.565. The molecule has 0 atom stereocenters. The van der Waals surface area contributed by atoms with Gasteiger partial charge in [-0.15, -0.1) is 11.7 Å². The third kappa shape index (κ3) is 4.73. The van der Waals surface area contributed by atoms with Gasteiger partial charge < -0.3 is 4.90 Å². The van der Waals surface area contributed by atoms with E-state index >= 15 is 0 Å². The summed E-state index contributed by atoms with van der Waals surface area (Å²) in [4.78, 5) is 12.6. The second kappa shape index (κ2) is 6.46. The number of hydrogen-bond donors (Lipinski definition) is 0. The largest absolute Gasteiger partial charge is 0.406 e. The number of tetrazole rings is 1. The molecular weight excluding hydrogens is 307 g/mol. The van der Waals surface area contributed by atoms with E-state index in [1.807, 2.05) is 0 Å². The van der Waals surface area contributed by atoms with Crippen molar-refractivity contribution in [2.45, 2.75) is 30.2 Å². The summed E-state index contributed by atoms with van der Waals surface area (Å²) in [7, 11) is 0. The summed E-state index contributed by atoms with van der Waals surface area (Å²) in [6.45, 7) is 1.93. The van der Waals surface area contributed by atoms with E-state index in [9.17, 15) is 18.0 Å². The summed E-state index contributed by atoms with van der Waals surface area (Å²) in [6, 6.07) is 0.247. The third-order valence-electron chi connectivity index (χ3n) is 2.75. The van der Waals surface area contributed by atoms with E-state index in [4.69, 9.17) is 0 Å². The number of aromatic nitrogens is 4. The lowest BCUT2D eigenvalue weighted by Gasteiger charge is -2.22. The fourth-order valence-corrected chi connectivity index (χ4v) is 2.52. The zero-order chi connectivity index (χ0) is 15.5. The van der Waals surface area contributed by atoms with Crippen LogP contribution in [0.5, 0.6) is 0 Å². The number of carbonyl (C=O) groups excluding carboxylic acids is 1. The molecule has 10 heteroatoms. The molecule has 1 saturated carbocycles. The van der Waals surface area contributed by atoms with E-state index in [2.05, 4.69) is 22.1 Å². The Balaban J connectivity index is 1.91. The fourth-order valence-electron chi connectivity index (χ4n) is 1.67. The summed E-state index contributed by atoms with van der Waals surface area (Å²) in [5, 5.41) is 11.6. The molecule has 6 nitrogen and oxygen atoms in total. The first-order valence-corrected chi connectivity index (χ1v) is 7.25. The average Bonchev–Trinajstić information content (AvgIpc) is 3.13. The van der Waals surface area contributed by atoms with Gasteiger partial charge in [0.05, 0.1) is 11.8 Å². The average molecular weight is 321 g/mol. The Labute approximate surface area is 123 Å². The standard InChI is InChI=1S/C11H14F3N5OS/c1-2-5-18(7-11(12,13)14)9(20)6-21-10-15-16-17-19(10)8-3-4-8/h2,8H,1,3-7H2. The Morgan fingerprint density at radius 3 is 2.81 bits per heavy atom. The number of alkyl halides is 3. The van der Waals surface area contributed by atoms with E-state index in [-0.39, 0.29) is 18.3 Å². The molecule has 0 saturated heterocycles. The van der Waals surface area contributed by atoms with Crippen LogP contribution < -0.4 is 0 Å². The molecule has 116 valence electrons. The van der Waals surface area contributed by atoms with E-state index in [0.717, 1.165) is 24.6 Å². The molecule has 2 rings (SSSR count). The first-order valence-electron chi connectivity index (χ1n) is 6.27. The summed E-state index contributed by atoms with van der Waals surface area (Å²) in [5.74, 6) is -0.764. The molecule has 1 fully saturated rings. The number of carbonyl (C=O) groups is 1. The molecule has 1 aromatic rings. The predicted molar refractivity (Wildman–Crippen MR) is 69.6 cm³/mol. The minimum Gasteiger partial charge on any atom is -0.329 e. The molecule has 0 spiro atoms. The molecule has 0 N–H and O–H groups in total. The summed E-state index contributed by atoms with van der Waals surface area (Å²) >= 11 is 1.04. The van der Waals surface area contributed by atoms with Gasteiger partial charge in [-0.1, -0.05) is 17.8 Å². The van der Waals surface area contributed by atoms with Gasteiger partial charge >= 0.3 is 6.18 Å². The number of amides is 1. The van der Waals surface area contributed by atoms with Crippen molar-refractivity contribution in [2.75, 3.05) is 18.8 Å².